The Labute approximate surface area is 124 Å². The van der Waals surface area contributed by atoms with E-state index in [9.17, 15) is 0 Å². The Morgan fingerprint density at radius 1 is 0.810 bits per heavy atom. The third-order valence-corrected chi connectivity index (χ3v) is 3.77. The lowest BCUT2D eigenvalue weighted by atomic mass is 9.99. The van der Waals surface area contributed by atoms with Crippen LogP contribution in [0.1, 0.15) is 5.56 Å². The van der Waals surface area contributed by atoms with Crippen LogP contribution in [0.15, 0.2) is 66.7 Å². The van der Waals surface area contributed by atoms with Crippen LogP contribution in [0.4, 0.5) is 0 Å². The Balaban J connectivity index is 1.88. The van der Waals surface area contributed by atoms with E-state index in [4.69, 9.17) is 10.8 Å². The molecule has 0 aliphatic rings. The summed E-state index contributed by atoms with van der Waals surface area (Å²) in [6, 6.07) is 23.1. The van der Waals surface area contributed by atoms with Crippen molar-refractivity contribution in [3.05, 3.63) is 72.3 Å². The zero-order chi connectivity index (χ0) is 14.7. The van der Waals surface area contributed by atoms with Crippen LogP contribution >= 0.6 is 0 Å². The highest BCUT2D eigenvalue weighted by Crippen LogP contribution is 2.24. The molecule has 0 bridgehead atoms. The summed E-state index contributed by atoms with van der Waals surface area (Å²) in [5, 5.41) is 11.5. The molecule has 0 spiro atoms. The molecule has 0 aromatic heterocycles. The van der Waals surface area contributed by atoms with Crippen LogP contribution in [0.25, 0.3) is 21.9 Å². The molecule has 0 saturated carbocycles. The van der Waals surface area contributed by atoms with Gasteiger partial charge in [-0.15, -0.1) is 0 Å². The van der Waals surface area contributed by atoms with Crippen molar-refractivity contribution in [1.82, 2.24) is 0 Å². The molecule has 106 valence electrons. The molecular formula is C19H19NO. The lowest BCUT2D eigenvalue weighted by Crippen LogP contribution is -2.26. The second kappa shape index (κ2) is 6.08. The quantitative estimate of drug-likeness (QED) is 0.768. The highest BCUT2D eigenvalue weighted by molar-refractivity contribution is 5.87. The Morgan fingerprint density at radius 3 is 2.19 bits per heavy atom. The average Bonchev–Trinajstić information content (AvgIpc) is 2.55. The van der Waals surface area contributed by atoms with Gasteiger partial charge in [-0.3, -0.25) is 0 Å². The van der Waals surface area contributed by atoms with E-state index in [1.807, 2.05) is 0 Å². The van der Waals surface area contributed by atoms with Crippen molar-refractivity contribution in [3.63, 3.8) is 0 Å². The number of nitrogens with two attached hydrogens (primary N) is 1. The van der Waals surface area contributed by atoms with Crippen LogP contribution in [-0.4, -0.2) is 17.8 Å². The Kier molecular flexibility index (Phi) is 4.00. The standard InChI is InChI=1S/C19H19NO/c20-19(13-21)11-14-5-7-16(8-6-14)18-10-9-15-3-1-2-4-17(15)12-18/h1-10,12,19,21H,11,13,20H2/t19-/m1/s1. The zero-order valence-corrected chi connectivity index (χ0v) is 11.9. The minimum Gasteiger partial charge on any atom is -0.395 e. The van der Waals surface area contributed by atoms with E-state index in [2.05, 4.69) is 66.7 Å². The van der Waals surface area contributed by atoms with Crippen molar-refractivity contribution in [2.45, 2.75) is 12.5 Å². The van der Waals surface area contributed by atoms with Crippen LogP contribution < -0.4 is 5.73 Å². The second-order valence-electron chi connectivity index (χ2n) is 5.41. The summed E-state index contributed by atoms with van der Waals surface area (Å²) in [5.74, 6) is 0. The predicted octanol–water partition coefficient (Wildman–Crippen LogP) is 3.37. The average molecular weight is 277 g/mol. The molecule has 3 aromatic rings. The van der Waals surface area contributed by atoms with Gasteiger partial charge < -0.3 is 10.8 Å². The third kappa shape index (κ3) is 3.13. The number of benzene rings is 3. The number of hydrogen-bond acceptors (Lipinski definition) is 2. The number of hydrogen-bond donors (Lipinski definition) is 2. The van der Waals surface area contributed by atoms with Crippen LogP contribution in [0.5, 0.6) is 0 Å². The number of aliphatic hydroxyl groups excluding tert-OH is 1. The van der Waals surface area contributed by atoms with E-state index in [0.29, 0.717) is 6.42 Å². The minimum atomic E-state index is -0.184. The monoisotopic (exact) mass is 277 g/mol. The summed E-state index contributed by atoms with van der Waals surface area (Å²) < 4.78 is 0. The second-order valence-corrected chi connectivity index (χ2v) is 5.41. The molecule has 0 unspecified atom stereocenters. The fourth-order valence-electron chi connectivity index (χ4n) is 2.57. The maximum Gasteiger partial charge on any atom is 0.0585 e. The fraction of sp³-hybridized carbons (Fsp3) is 0.158. The largest absolute Gasteiger partial charge is 0.395 e. The molecule has 0 aliphatic carbocycles. The topological polar surface area (TPSA) is 46.2 Å². The Bertz CT molecular complexity index is 734. The molecule has 2 nitrogen and oxygen atoms in total. The molecule has 2 heteroatoms. The molecule has 21 heavy (non-hydrogen) atoms. The lowest BCUT2D eigenvalue weighted by molar-refractivity contribution is 0.265. The summed E-state index contributed by atoms with van der Waals surface area (Å²) in [4.78, 5) is 0. The molecule has 0 amide bonds. The van der Waals surface area contributed by atoms with Gasteiger partial charge in [-0.25, -0.2) is 0 Å². The van der Waals surface area contributed by atoms with Crippen LogP contribution in [0.2, 0.25) is 0 Å². The van der Waals surface area contributed by atoms with E-state index in [1.54, 1.807) is 0 Å². The van der Waals surface area contributed by atoms with Crippen LogP contribution in [0.3, 0.4) is 0 Å². The van der Waals surface area contributed by atoms with Crippen molar-refractivity contribution in [2.24, 2.45) is 5.73 Å². The molecule has 3 aromatic carbocycles. The molecule has 1 atom stereocenters. The molecule has 0 aliphatic heterocycles. The smallest absolute Gasteiger partial charge is 0.0585 e. The molecule has 0 fully saturated rings. The highest BCUT2D eigenvalue weighted by Gasteiger charge is 2.04. The summed E-state index contributed by atoms with van der Waals surface area (Å²) in [6.07, 6.45) is 0.703. The third-order valence-electron chi connectivity index (χ3n) is 3.77. The normalized spacial score (nSPS) is 12.5. The first-order chi connectivity index (χ1) is 10.3. The van der Waals surface area contributed by atoms with Crippen LogP contribution in [-0.2, 0) is 6.42 Å². The van der Waals surface area contributed by atoms with Crippen molar-refractivity contribution in [3.8, 4) is 11.1 Å². The SMILES string of the molecule is N[C@@H](CO)Cc1ccc(-c2ccc3ccccc3c2)cc1. The van der Waals surface area contributed by atoms with Gasteiger partial charge in [0.25, 0.3) is 0 Å². The molecule has 3 rings (SSSR count). The van der Waals surface area contributed by atoms with Gasteiger partial charge in [-0.1, -0.05) is 60.7 Å². The number of rotatable bonds is 4. The van der Waals surface area contributed by atoms with Crippen molar-refractivity contribution >= 4 is 10.8 Å². The maximum atomic E-state index is 9.00. The fourth-order valence-corrected chi connectivity index (χ4v) is 2.57. The Morgan fingerprint density at radius 2 is 1.48 bits per heavy atom. The summed E-state index contributed by atoms with van der Waals surface area (Å²) in [6.45, 7) is 0.0203. The predicted molar refractivity (Wildman–Crippen MR) is 88.1 cm³/mol. The first kappa shape index (κ1) is 13.8. The highest BCUT2D eigenvalue weighted by atomic mass is 16.3. The summed E-state index contributed by atoms with van der Waals surface area (Å²) >= 11 is 0. The molecule has 0 heterocycles. The van der Waals surface area contributed by atoms with Crippen molar-refractivity contribution in [2.75, 3.05) is 6.61 Å². The van der Waals surface area contributed by atoms with Crippen molar-refractivity contribution in [1.29, 1.82) is 0 Å². The molecule has 3 N–H and O–H groups in total. The van der Waals surface area contributed by atoms with E-state index in [0.717, 1.165) is 5.56 Å². The molecule has 0 radical (unpaired) electrons. The lowest BCUT2D eigenvalue weighted by Gasteiger charge is -2.09. The molecule has 0 saturated heterocycles. The maximum absolute atomic E-state index is 9.00. The first-order valence-electron chi connectivity index (χ1n) is 7.21. The minimum absolute atomic E-state index is 0.0203. The van der Waals surface area contributed by atoms with Gasteiger partial charge >= 0.3 is 0 Å². The number of aliphatic hydroxyl groups is 1. The summed E-state index contributed by atoms with van der Waals surface area (Å²) in [7, 11) is 0. The van der Waals surface area contributed by atoms with Crippen LogP contribution in [0, 0.1) is 0 Å². The van der Waals surface area contributed by atoms with Gasteiger partial charge in [0.15, 0.2) is 0 Å². The molecular weight excluding hydrogens is 258 g/mol. The van der Waals surface area contributed by atoms with Gasteiger partial charge in [0, 0.05) is 6.04 Å². The number of fused-ring (bicyclic) bond motifs is 1. The van der Waals surface area contributed by atoms with E-state index in [1.165, 1.54) is 21.9 Å². The van der Waals surface area contributed by atoms with Gasteiger partial charge in [0.05, 0.1) is 6.61 Å². The van der Waals surface area contributed by atoms with Crippen molar-refractivity contribution < 1.29 is 5.11 Å². The summed E-state index contributed by atoms with van der Waals surface area (Å²) in [5.41, 5.74) is 9.33. The van der Waals surface area contributed by atoms with E-state index in [-0.39, 0.29) is 12.6 Å². The Hall–Kier alpha value is -2.16. The van der Waals surface area contributed by atoms with Gasteiger partial charge in [-0.2, -0.15) is 0 Å². The van der Waals surface area contributed by atoms with Gasteiger partial charge in [-0.05, 0) is 39.9 Å². The van der Waals surface area contributed by atoms with E-state index < -0.39 is 0 Å². The van der Waals surface area contributed by atoms with Gasteiger partial charge in [0.2, 0.25) is 0 Å². The van der Waals surface area contributed by atoms with Gasteiger partial charge in [0.1, 0.15) is 0 Å². The van der Waals surface area contributed by atoms with E-state index >= 15 is 0 Å². The zero-order valence-electron chi connectivity index (χ0n) is 11.9. The first-order valence-corrected chi connectivity index (χ1v) is 7.21.